The van der Waals surface area contributed by atoms with Crippen LogP contribution in [0.5, 0.6) is 0 Å². The van der Waals surface area contributed by atoms with Gasteiger partial charge in [-0.3, -0.25) is 4.79 Å². The molecule has 1 aliphatic rings. The maximum atomic E-state index is 12.2. The molecule has 1 aliphatic heterocycles. The number of ether oxygens (including phenoxy) is 2. The van der Waals surface area contributed by atoms with Crippen molar-refractivity contribution in [3.05, 3.63) is 35.4 Å². The number of hydrogen-bond donors (Lipinski definition) is 0. The number of nitrogens with zero attached hydrogens (tertiary/aromatic N) is 1. The van der Waals surface area contributed by atoms with E-state index in [4.69, 9.17) is 9.47 Å². The molecule has 1 heterocycles. The van der Waals surface area contributed by atoms with Gasteiger partial charge in [0, 0.05) is 0 Å². The summed E-state index contributed by atoms with van der Waals surface area (Å²) in [5, 5.41) is 0. The monoisotopic (exact) mass is 263 g/mol. The standard InChI is InChI=1S/C15H21NO3/c1-11-5-7-12(8-6-11)13(16(2)3)15(9-19-10-15)14(17)18-4/h5-8,13H,9-10H2,1-4H3. The number of rotatable bonds is 4. The number of methoxy groups -OCH3 is 1. The Morgan fingerprint density at radius 3 is 2.26 bits per heavy atom. The van der Waals surface area contributed by atoms with Crippen molar-refractivity contribution in [3.63, 3.8) is 0 Å². The minimum absolute atomic E-state index is 0.0331. The topological polar surface area (TPSA) is 38.8 Å². The molecular formula is C15H21NO3. The number of hydrogen-bond acceptors (Lipinski definition) is 4. The molecule has 1 unspecified atom stereocenters. The third kappa shape index (κ3) is 2.38. The maximum Gasteiger partial charge on any atom is 0.318 e. The molecule has 0 N–H and O–H groups in total. The summed E-state index contributed by atoms with van der Waals surface area (Å²) in [6.45, 7) is 2.88. The first-order valence-electron chi connectivity index (χ1n) is 6.40. The van der Waals surface area contributed by atoms with Crippen molar-refractivity contribution in [2.45, 2.75) is 13.0 Å². The first-order valence-corrected chi connectivity index (χ1v) is 6.40. The van der Waals surface area contributed by atoms with E-state index in [0.29, 0.717) is 13.2 Å². The third-order valence-corrected chi connectivity index (χ3v) is 3.74. The lowest BCUT2D eigenvalue weighted by Crippen LogP contribution is -2.57. The van der Waals surface area contributed by atoms with Gasteiger partial charge < -0.3 is 14.4 Å². The Labute approximate surface area is 114 Å². The first-order chi connectivity index (χ1) is 9.01. The molecule has 1 aromatic carbocycles. The van der Waals surface area contributed by atoms with Crippen molar-refractivity contribution >= 4 is 5.97 Å². The molecule has 2 rings (SSSR count). The fourth-order valence-electron chi connectivity index (χ4n) is 2.77. The summed E-state index contributed by atoms with van der Waals surface area (Å²) in [6, 6.07) is 8.24. The predicted octanol–water partition coefficient (Wildman–Crippen LogP) is 1.79. The summed E-state index contributed by atoms with van der Waals surface area (Å²) in [5.41, 5.74) is 1.73. The zero-order valence-electron chi connectivity index (χ0n) is 12.0. The molecule has 0 spiro atoms. The van der Waals surface area contributed by atoms with Crippen molar-refractivity contribution in [3.8, 4) is 0 Å². The molecule has 0 radical (unpaired) electrons. The van der Waals surface area contributed by atoms with E-state index in [1.807, 2.05) is 14.1 Å². The Kier molecular flexibility index (Phi) is 3.92. The molecule has 0 aliphatic carbocycles. The lowest BCUT2D eigenvalue weighted by molar-refractivity contribution is -0.197. The second kappa shape index (κ2) is 5.31. The van der Waals surface area contributed by atoms with Crippen LogP contribution in [0.25, 0.3) is 0 Å². The molecule has 19 heavy (non-hydrogen) atoms. The summed E-state index contributed by atoms with van der Waals surface area (Å²) in [5.74, 6) is -0.196. The van der Waals surface area contributed by atoms with Gasteiger partial charge in [-0.25, -0.2) is 0 Å². The highest BCUT2D eigenvalue weighted by atomic mass is 16.5. The van der Waals surface area contributed by atoms with Crippen molar-refractivity contribution < 1.29 is 14.3 Å². The van der Waals surface area contributed by atoms with Gasteiger partial charge in [-0.15, -0.1) is 0 Å². The zero-order valence-corrected chi connectivity index (χ0v) is 12.0. The summed E-state index contributed by atoms with van der Waals surface area (Å²) in [6.07, 6.45) is 0. The van der Waals surface area contributed by atoms with Crippen LogP contribution in [0.2, 0.25) is 0 Å². The van der Waals surface area contributed by atoms with E-state index in [1.165, 1.54) is 12.7 Å². The molecule has 1 fully saturated rings. The Bertz CT molecular complexity index is 449. The van der Waals surface area contributed by atoms with Crippen LogP contribution < -0.4 is 0 Å². The average molecular weight is 263 g/mol. The minimum Gasteiger partial charge on any atom is -0.468 e. The molecule has 4 nitrogen and oxygen atoms in total. The van der Waals surface area contributed by atoms with E-state index >= 15 is 0 Å². The van der Waals surface area contributed by atoms with Crippen LogP contribution in [-0.4, -0.2) is 45.3 Å². The van der Waals surface area contributed by atoms with Crippen LogP contribution in [0.1, 0.15) is 17.2 Å². The van der Waals surface area contributed by atoms with Crippen LogP contribution >= 0.6 is 0 Å². The van der Waals surface area contributed by atoms with Gasteiger partial charge in [-0.2, -0.15) is 0 Å². The van der Waals surface area contributed by atoms with Gasteiger partial charge in [0.1, 0.15) is 5.41 Å². The summed E-state index contributed by atoms with van der Waals surface area (Å²) in [4.78, 5) is 14.2. The Hall–Kier alpha value is -1.39. The molecule has 4 heteroatoms. The van der Waals surface area contributed by atoms with Crippen molar-refractivity contribution in [2.24, 2.45) is 5.41 Å². The number of carbonyl (C=O) groups is 1. The van der Waals surface area contributed by atoms with Crippen LogP contribution in [-0.2, 0) is 14.3 Å². The van der Waals surface area contributed by atoms with Gasteiger partial charge in [-0.05, 0) is 26.6 Å². The van der Waals surface area contributed by atoms with Crippen molar-refractivity contribution in [2.75, 3.05) is 34.4 Å². The Balaban J connectivity index is 2.39. The molecule has 1 atom stereocenters. The van der Waals surface area contributed by atoms with Crippen LogP contribution in [0.3, 0.4) is 0 Å². The van der Waals surface area contributed by atoms with Gasteiger partial charge in [0.25, 0.3) is 0 Å². The second-order valence-electron chi connectivity index (χ2n) is 5.42. The maximum absolute atomic E-state index is 12.2. The largest absolute Gasteiger partial charge is 0.468 e. The van der Waals surface area contributed by atoms with E-state index in [9.17, 15) is 4.79 Å². The van der Waals surface area contributed by atoms with Crippen LogP contribution in [0, 0.1) is 12.3 Å². The van der Waals surface area contributed by atoms with E-state index in [2.05, 4.69) is 36.1 Å². The summed E-state index contributed by atoms with van der Waals surface area (Å²) >= 11 is 0. The smallest absolute Gasteiger partial charge is 0.318 e. The SMILES string of the molecule is COC(=O)C1(C(c2ccc(C)cc2)N(C)C)COC1. The van der Waals surface area contributed by atoms with Gasteiger partial charge >= 0.3 is 5.97 Å². The highest BCUT2D eigenvalue weighted by molar-refractivity contribution is 5.79. The molecule has 1 saturated heterocycles. The molecule has 0 bridgehead atoms. The van der Waals surface area contributed by atoms with E-state index in [-0.39, 0.29) is 12.0 Å². The molecule has 104 valence electrons. The average Bonchev–Trinajstić information content (AvgIpc) is 2.34. The third-order valence-electron chi connectivity index (χ3n) is 3.74. The molecular weight excluding hydrogens is 242 g/mol. The fraction of sp³-hybridized carbons (Fsp3) is 0.533. The van der Waals surface area contributed by atoms with Crippen molar-refractivity contribution in [1.29, 1.82) is 0 Å². The van der Waals surface area contributed by atoms with E-state index < -0.39 is 5.41 Å². The van der Waals surface area contributed by atoms with E-state index in [1.54, 1.807) is 0 Å². The lowest BCUT2D eigenvalue weighted by atomic mass is 9.74. The number of carbonyl (C=O) groups excluding carboxylic acids is 1. The molecule has 0 saturated carbocycles. The normalized spacial score (nSPS) is 18.8. The van der Waals surface area contributed by atoms with Gasteiger partial charge in [-0.1, -0.05) is 29.8 Å². The minimum atomic E-state index is -0.590. The number of benzene rings is 1. The van der Waals surface area contributed by atoms with Crippen LogP contribution in [0.15, 0.2) is 24.3 Å². The number of aryl methyl sites for hydroxylation is 1. The Morgan fingerprint density at radius 2 is 1.89 bits per heavy atom. The first kappa shape index (κ1) is 14.0. The summed E-state index contributed by atoms with van der Waals surface area (Å²) < 4.78 is 10.3. The fourth-order valence-corrected chi connectivity index (χ4v) is 2.77. The van der Waals surface area contributed by atoms with Gasteiger partial charge in [0.05, 0.1) is 26.4 Å². The quantitative estimate of drug-likeness (QED) is 0.776. The van der Waals surface area contributed by atoms with Crippen LogP contribution in [0.4, 0.5) is 0 Å². The zero-order chi connectivity index (χ0) is 14.0. The predicted molar refractivity (Wildman–Crippen MR) is 72.9 cm³/mol. The summed E-state index contributed by atoms with van der Waals surface area (Å²) in [7, 11) is 5.39. The van der Waals surface area contributed by atoms with Gasteiger partial charge in [0.15, 0.2) is 0 Å². The van der Waals surface area contributed by atoms with Gasteiger partial charge in [0.2, 0.25) is 0 Å². The van der Waals surface area contributed by atoms with Crippen molar-refractivity contribution in [1.82, 2.24) is 4.90 Å². The highest BCUT2D eigenvalue weighted by Crippen LogP contribution is 2.44. The number of esters is 1. The molecule has 0 amide bonds. The lowest BCUT2D eigenvalue weighted by Gasteiger charge is -2.47. The van der Waals surface area contributed by atoms with E-state index in [0.717, 1.165) is 5.56 Å². The molecule has 1 aromatic rings. The molecule has 0 aromatic heterocycles. The Morgan fingerprint density at radius 1 is 1.32 bits per heavy atom. The second-order valence-corrected chi connectivity index (χ2v) is 5.42. The highest BCUT2D eigenvalue weighted by Gasteiger charge is 2.54.